The zero-order valence-electron chi connectivity index (χ0n) is 8.68. The molecule has 0 aromatic heterocycles. The number of hydrogen-bond acceptors (Lipinski definition) is 4. The summed E-state index contributed by atoms with van der Waals surface area (Å²) in [5.74, 6) is -0.0544. The van der Waals surface area contributed by atoms with Crippen molar-refractivity contribution in [3.8, 4) is 0 Å². The molecule has 0 bridgehead atoms. The van der Waals surface area contributed by atoms with Crippen LogP contribution < -0.4 is 5.32 Å². The highest BCUT2D eigenvalue weighted by molar-refractivity contribution is 6.00. The average Bonchev–Trinajstić information content (AvgIpc) is 2.81. The van der Waals surface area contributed by atoms with Crippen LogP contribution in [-0.2, 0) is 0 Å². The highest BCUT2D eigenvalue weighted by atomic mass is 16.6. The van der Waals surface area contributed by atoms with Crippen molar-refractivity contribution in [2.24, 2.45) is 0 Å². The number of nitrogens with zero attached hydrogens (tertiary/aromatic N) is 1. The van der Waals surface area contributed by atoms with Gasteiger partial charge >= 0.3 is 0 Å². The van der Waals surface area contributed by atoms with E-state index in [4.69, 9.17) is 0 Å². The van der Waals surface area contributed by atoms with E-state index in [1.807, 2.05) is 0 Å². The van der Waals surface area contributed by atoms with Crippen molar-refractivity contribution in [2.75, 3.05) is 6.54 Å². The van der Waals surface area contributed by atoms with E-state index >= 15 is 0 Å². The summed E-state index contributed by atoms with van der Waals surface area (Å²) in [5, 5.41) is 13.7. The van der Waals surface area contributed by atoms with Crippen LogP contribution in [-0.4, -0.2) is 23.3 Å². The Morgan fingerprint density at radius 3 is 2.94 bits per heavy atom. The molecule has 84 valence electrons. The maximum absolute atomic E-state index is 11.9. The minimum atomic E-state index is -0.487. The van der Waals surface area contributed by atoms with Crippen molar-refractivity contribution in [1.82, 2.24) is 5.32 Å². The fourth-order valence-electron chi connectivity index (χ4n) is 1.88. The van der Waals surface area contributed by atoms with E-state index in [0.717, 1.165) is 19.4 Å². The lowest BCUT2D eigenvalue weighted by atomic mass is 10.0. The SMILES string of the molecule is O=C(c1cccc([N+](=O)[O-])c1)C1CCCN1. The first kappa shape index (κ1) is 10.8. The van der Waals surface area contributed by atoms with E-state index in [1.54, 1.807) is 12.1 Å². The highest BCUT2D eigenvalue weighted by Crippen LogP contribution is 2.17. The zero-order chi connectivity index (χ0) is 11.5. The smallest absolute Gasteiger partial charge is 0.270 e. The number of Topliss-reactive ketones (excluding diaryl/α,β-unsaturated/α-hetero) is 1. The van der Waals surface area contributed by atoms with Crippen LogP contribution in [0.5, 0.6) is 0 Å². The van der Waals surface area contributed by atoms with Gasteiger partial charge < -0.3 is 5.32 Å². The van der Waals surface area contributed by atoms with Crippen LogP contribution >= 0.6 is 0 Å². The van der Waals surface area contributed by atoms with Crippen LogP contribution in [0.15, 0.2) is 24.3 Å². The molecule has 1 unspecified atom stereocenters. The molecule has 1 fully saturated rings. The first-order chi connectivity index (χ1) is 7.68. The minimum absolute atomic E-state index is 0.0381. The van der Waals surface area contributed by atoms with Gasteiger partial charge in [0.2, 0.25) is 0 Å². The Morgan fingerprint density at radius 2 is 2.31 bits per heavy atom. The molecule has 0 spiro atoms. The molecule has 0 radical (unpaired) electrons. The third kappa shape index (κ3) is 2.09. The predicted octanol–water partition coefficient (Wildman–Crippen LogP) is 1.53. The van der Waals surface area contributed by atoms with E-state index in [1.165, 1.54) is 12.1 Å². The number of nitro benzene ring substituents is 1. The Hall–Kier alpha value is -1.75. The number of ketones is 1. The number of non-ortho nitro benzene ring substituents is 1. The summed E-state index contributed by atoms with van der Waals surface area (Å²) in [4.78, 5) is 22.0. The Morgan fingerprint density at radius 1 is 1.50 bits per heavy atom. The van der Waals surface area contributed by atoms with Gasteiger partial charge in [0.25, 0.3) is 5.69 Å². The molecule has 1 aromatic carbocycles. The third-order valence-corrected chi connectivity index (χ3v) is 2.72. The molecule has 2 rings (SSSR count). The standard InChI is InChI=1S/C11H12N2O3/c14-11(10-5-2-6-12-10)8-3-1-4-9(7-8)13(15)16/h1,3-4,7,10,12H,2,5-6H2. The number of benzene rings is 1. The lowest BCUT2D eigenvalue weighted by Gasteiger charge is -2.08. The van der Waals surface area contributed by atoms with Crippen molar-refractivity contribution in [3.63, 3.8) is 0 Å². The summed E-state index contributed by atoms with van der Waals surface area (Å²) in [5.41, 5.74) is 0.373. The quantitative estimate of drug-likeness (QED) is 0.476. The molecular weight excluding hydrogens is 208 g/mol. The summed E-state index contributed by atoms with van der Waals surface area (Å²) >= 11 is 0. The maximum Gasteiger partial charge on any atom is 0.270 e. The molecule has 0 saturated carbocycles. The van der Waals surface area contributed by atoms with E-state index in [-0.39, 0.29) is 17.5 Å². The van der Waals surface area contributed by atoms with Gasteiger partial charge in [0.05, 0.1) is 11.0 Å². The lowest BCUT2D eigenvalue weighted by Crippen LogP contribution is -2.30. The molecule has 0 aliphatic carbocycles. The van der Waals surface area contributed by atoms with Crippen LogP contribution in [0.2, 0.25) is 0 Å². The van der Waals surface area contributed by atoms with Crippen molar-refractivity contribution in [2.45, 2.75) is 18.9 Å². The van der Waals surface area contributed by atoms with E-state index in [0.29, 0.717) is 5.56 Å². The summed E-state index contributed by atoms with van der Waals surface area (Å²) < 4.78 is 0. The minimum Gasteiger partial charge on any atom is -0.307 e. The van der Waals surface area contributed by atoms with E-state index < -0.39 is 4.92 Å². The molecular formula is C11H12N2O3. The van der Waals surface area contributed by atoms with Crippen molar-refractivity contribution >= 4 is 11.5 Å². The Labute approximate surface area is 92.6 Å². The predicted molar refractivity (Wildman–Crippen MR) is 58.5 cm³/mol. The van der Waals surface area contributed by atoms with Gasteiger partial charge in [-0.05, 0) is 19.4 Å². The van der Waals surface area contributed by atoms with Crippen molar-refractivity contribution < 1.29 is 9.72 Å². The molecule has 5 nitrogen and oxygen atoms in total. The second kappa shape index (κ2) is 4.40. The van der Waals surface area contributed by atoms with Crippen LogP contribution in [0.3, 0.4) is 0 Å². The Kier molecular flexibility index (Phi) is 2.96. The fourth-order valence-corrected chi connectivity index (χ4v) is 1.88. The zero-order valence-corrected chi connectivity index (χ0v) is 8.68. The van der Waals surface area contributed by atoms with Gasteiger partial charge in [0.15, 0.2) is 5.78 Å². The average molecular weight is 220 g/mol. The third-order valence-electron chi connectivity index (χ3n) is 2.72. The Bertz CT molecular complexity index is 425. The normalized spacial score (nSPS) is 19.6. The summed E-state index contributed by atoms with van der Waals surface area (Å²) in [6, 6.07) is 5.71. The number of nitrogens with one attached hydrogen (secondary N) is 1. The molecule has 1 atom stereocenters. The van der Waals surface area contributed by atoms with Gasteiger partial charge in [-0.1, -0.05) is 12.1 Å². The second-order valence-corrected chi connectivity index (χ2v) is 3.82. The van der Waals surface area contributed by atoms with Gasteiger partial charge in [-0.25, -0.2) is 0 Å². The van der Waals surface area contributed by atoms with Crippen molar-refractivity contribution in [3.05, 3.63) is 39.9 Å². The molecule has 5 heteroatoms. The maximum atomic E-state index is 11.9. The molecule has 1 aliphatic rings. The molecule has 1 N–H and O–H groups in total. The van der Waals surface area contributed by atoms with Gasteiger partial charge in [0.1, 0.15) is 0 Å². The summed E-state index contributed by atoms with van der Waals surface area (Å²) in [6.07, 6.45) is 1.78. The molecule has 1 saturated heterocycles. The largest absolute Gasteiger partial charge is 0.307 e. The van der Waals surface area contributed by atoms with Crippen molar-refractivity contribution in [1.29, 1.82) is 0 Å². The van der Waals surface area contributed by atoms with Gasteiger partial charge in [0, 0.05) is 17.7 Å². The van der Waals surface area contributed by atoms with E-state index in [2.05, 4.69) is 5.32 Å². The fraction of sp³-hybridized carbons (Fsp3) is 0.364. The number of rotatable bonds is 3. The number of carbonyl (C=O) groups is 1. The number of hydrogen-bond donors (Lipinski definition) is 1. The first-order valence-corrected chi connectivity index (χ1v) is 5.20. The van der Waals surface area contributed by atoms with Crippen LogP contribution in [0.25, 0.3) is 0 Å². The topological polar surface area (TPSA) is 72.2 Å². The highest BCUT2D eigenvalue weighted by Gasteiger charge is 2.24. The Balaban J connectivity index is 2.22. The van der Waals surface area contributed by atoms with Crippen LogP contribution in [0.4, 0.5) is 5.69 Å². The second-order valence-electron chi connectivity index (χ2n) is 3.82. The van der Waals surface area contributed by atoms with Gasteiger partial charge in [-0.2, -0.15) is 0 Å². The number of carbonyl (C=O) groups excluding carboxylic acids is 1. The number of nitro groups is 1. The molecule has 0 amide bonds. The summed E-state index contributed by atoms with van der Waals surface area (Å²) in [6.45, 7) is 0.839. The lowest BCUT2D eigenvalue weighted by molar-refractivity contribution is -0.384. The van der Waals surface area contributed by atoms with Gasteiger partial charge in [-0.3, -0.25) is 14.9 Å². The molecule has 16 heavy (non-hydrogen) atoms. The molecule has 1 heterocycles. The first-order valence-electron chi connectivity index (χ1n) is 5.20. The van der Waals surface area contributed by atoms with Crippen LogP contribution in [0.1, 0.15) is 23.2 Å². The van der Waals surface area contributed by atoms with Gasteiger partial charge in [-0.15, -0.1) is 0 Å². The summed E-state index contributed by atoms with van der Waals surface area (Å²) in [7, 11) is 0. The monoisotopic (exact) mass is 220 g/mol. The molecule has 1 aromatic rings. The van der Waals surface area contributed by atoms with E-state index in [9.17, 15) is 14.9 Å². The van der Waals surface area contributed by atoms with Crippen LogP contribution in [0, 0.1) is 10.1 Å². The molecule has 1 aliphatic heterocycles.